The normalized spacial score (nSPS) is 13.7. The van der Waals surface area contributed by atoms with E-state index in [9.17, 15) is 0 Å². The maximum absolute atomic E-state index is 7.23. The Bertz CT molecular complexity index is 3910. The maximum Gasteiger partial charge on any atom is 0.134 e. The number of rotatable bonds is 10. The van der Waals surface area contributed by atoms with Crippen molar-refractivity contribution >= 4 is 34.1 Å². The molecule has 2 aliphatic rings. The van der Waals surface area contributed by atoms with Crippen LogP contribution >= 0.6 is 0 Å². The Balaban J connectivity index is 1.05. The summed E-state index contributed by atoms with van der Waals surface area (Å²) < 4.78 is 14.4. The Morgan fingerprint density at radius 3 is 0.987 bits per heavy atom. The van der Waals surface area contributed by atoms with Gasteiger partial charge in [-0.05, 0) is 136 Å². The summed E-state index contributed by atoms with van der Waals surface area (Å²) in [6.45, 7) is 0. The van der Waals surface area contributed by atoms with E-state index in [0.29, 0.717) is 0 Å². The molecule has 4 nitrogen and oxygen atoms in total. The van der Waals surface area contributed by atoms with Crippen molar-refractivity contribution < 1.29 is 9.47 Å². The molecule has 4 heteroatoms. The van der Waals surface area contributed by atoms with Gasteiger partial charge in [0.2, 0.25) is 0 Å². The molecular weight excluding hydrogens is 937 g/mol. The maximum atomic E-state index is 7.23. The van der Waals surface area contributed by atoms with Gasteiger partial charge in [0.25, 0.3) is 0 Å². The van der Waals surface area contributed by atoms with Gasteiger partial charge in [-0.2, -0.15) is 0 Å². The molecule has 14 rings (SSSR count). The van der Waals surface area contributed by atoms with E-state index in [1.54, 1.807) is 0 Å². The second kappa shape index (κ2) is 19.3. The summed E-state index contributed by atoms with van der Waals surface area (Å²) >= 11 is 0. The van der Waals surface area contributed by atoms with E-state index < -0.39 is 5.41 Å². The van der Waals surface area contributed by atoms with E-state index in [1.807, 2.05) is 0 Å². The Morgan fingerprint density at radius 2 is 0.545 bits per heavy atom. The summed E-state index contributed by atoms with van der Waals surface area (Å²) in [5, 5.41) is 0. The fourth-order valence-electron chi connectivity index (χ4n) is 11.7. The fraction of sp³-hybridized carbons (Fsp3) is 0.0137. The highest BCUT2D eigenvalue weighted by atomic mass is 16.5. The van der Waals surface area contributed by atoms with Crippen LogP contribution < -0.4 is 19.3 Å². The van der Waals surface area contributed by atoms with Crippen molar-refractivity contribution in [3.63, 3.8) is 0 Å². The summed E-state index contributed by atoms with van der Waals surface area (Å²) in [5.41, 5.74) is 18.2. The number of fused-ring (bicyclic) bond motifs is 8. The predicted molar refractivity (Wildman–Crippen MR) is 316 cm³/mol. The van der Waals surface area contributed by atoms with Crippen molar-refractivity contribution in [2.24, 2.45) is 0 Å². The first-order valence-corrected chi connectivity index (χ1v) is 26.2. The van der Waals surface area contributed by atoms with Crippen LogP contribution in [0.3, 0.4) is 0 Å². The van der Waals surface area contributed by atoms with E-state index in [4.69, 9.17) is 9.47 Å². The van der Waals surface area contributed by atoms with Gasteiger partial charge < -0.3 is 19.3 Å². The molecule has 0 fully saturated rings. The van der Waals surface area contributed by atoms with E-state index in [-0.39, 0.29) is 0 Å². The first-order valence-electron chi connectivity index (χ1n) is 26.2. The number of nitrogens with zero attached hydrogens (tertiary/aromatic N) is 2. The average molecular weight is 987 g/mol. The number of hydrogen-bond donors (Lipinski definition) is 0. The third-order valence-electron chi connectivity index (χ3n) is 15.1. The van der Waals surface area contributed by atoms with E-state index in [0.717, 1.165) is 124 Å². The van der Waals surface area contributed by atoms with Crippen LogP contribution in [-0.4, -0.2) is 0 Å². The standard InChI is InChI=1S/C73H50N2O2/c1-5-22-51(23-6-1)55-30-17-34-59(46-55)74(60-35-18-31-56(47-60)52-24-7-2-8-25-52)63-44-45-70-66(50-63)73(64-38-13-15-41-68(64)76-70)65-39-14-16-42-69(65)77-71-43-21-40-67(72(71)73)75(61-36-19-32-57(48-61)53-26-9-3-10-27-53)62-37-20-33-58(49-62)54-28-11-4-12-29-54/h1-50H. The summed E-state index contributed by atoms with van der Waals surface area (Å²) in [4.78, 5) is 4.82. The molecule has 0 saturated heterocycles. The molecule has 2 aliphatic heterocycles. The van der Waals surface area contributed by atoms with Gasteiger partial charge in [0.05, 0.1) is 11.1 Å². The van der Waals surface area contributed by atoms with E-state index in [2.05, 4.69) is 313 Å². The Morgan fingerprint density at radius 1 is 0.221 bits per heavy atom. The Kier molecular flexibility index (Phi) is 11.4. The van der Waals surface area contributed by atoms with Crippen molar-refractivity contribution in [2.45, 2.75) is 5.41 Å². The topological polar surface area (TPSA) is 24.9 Å². The van der Waals surface area contributed by atoms with E-state index in [1.165, 1.54) is 0 Å². The molecule has 0 N–H and O–H groups in total. The highest BCUT2D eigenvalue weighted by molar-refractivity contribution is 5.91. The fourth-order valence-corrected chi connectivity index (χ4v) is 11.7. The molecule has 1 unspecified atom stereocenters. The van der Waals surface area contributed by atoms with Gasteiger partial charge in [-0.3, -0.25) is 0 Å². The van der Waals surface area contributed by atoms with Gasteiger partial charge in [0.1, 0.15) is 23.0 Å². The number of benzene rings is 12. The Hall–Kier alpha value is -10.2. The lowest BCUT2D eigenvalue weighted by Crippen LogP contribution is -2.38. The van der Waals surface area contributed by atoms with Crippen LogP contribution in [0.1, 0.15) is 22.3 Å². The minimum atomic E-state index is -0.975. The highest BCUT2D eigenvalue weighted by Gasteiger charge is 2.52. The molecule has 0 aromatic heterocycles. The SMILES string of the molecule is c1ccc(-c2cccc(N(c3cccc(-c4ccccc4)c3)c3ccc4c(c3)C3(c5ccccc5O4)c4ccccc4Oc4cccc(N(c5cccc(-c6ccccc6)c5)c5cccc(-c6ccccc6)c5)c43)c2)cc1. The summed E-state index contributed by atoms with van der Waals surface area (Å²) in [6, 6.07) is 108. The second-order valence-corrected chi connectivity index (χ2v) is 19.6. The zero-order chi connectivity index (χ0) is 51.1. The molecule has 0 saturated carbocycles. The number of ether oxygens (including phenoxy) is 2. The molecule has 2 heterocycles. The molecule has 77 heavy (non-hydrogen) atoms. The summed E-state index contributed by atoms with van der Waals surface area (Å²) in [7, 11) is 0. The highest BCUT2D eigenvalue weighted by Crippen LogP contribution is 2.65. The van der Waals surface area contributed by atoms with Crippen LogP contribution in [0.15, 0.2) is 303 Å². The van der Waals surface area contributed by atoms with Crippen LogP contribution in [0.2, 0.25) is 0 Å². The third-order valence-corrected chi connectivity index (χ3v) is 15.1. The molecular formula is C73H50N2O2. The zero-order valence-corrected chi connectivity index (χ0v) is 42.1. The number of anilines is 6. The van der Waals surface area contributed by atoms with Gasteiger partial charge in [-0.25, -0.2) is 0 Å². The molecule has 1 atom stereocenters. The minimum absolute atomic E-state index is 0.765. The zero-order valence-electron chi connectivity index (χ0n) is 42.1. The average Bonchev–Trinajstić information content (AvgIpc) is 3.69. The second-order valence-electron chi connectivity index (χ2n) is 19.6. The molecule has 0 aliphatic carbocycles. The molecule has 0 radical (unpaired) electrons. The molecule has 12 aromatic rings. The van der Waals surface area contributed by atoms with Gasteiger partial charge in [0, 0.05) is 50.7 Å². The molecule has 12 aromatic carbocycles. The van der Waals surface area contributed by atoms with Crippen LogP contribution in [-0.2, 0) is 5.41 Å². The van der Waals surface area contributed by atoms with Gasteiger partial charge in [-0.1, -0.05) is 212 Å². The molecule has 364 valence electrons. The van der Waals surface area contributed by atoms with Crippen molar-refractivity contribution in [3.8, 4) is 67.5 Å². The quantitative estimate of drug-likeness (QED) is 0.136. The smallest absolute Gasteiger partial charge is 0.134 e. The molecule has 0 amide bonds. The number of para-hydroxylation sites is 2. The number of hydrogen-bond acceptors (Lipinski definition) is 4. The first-order chi connectivity index (χ1) is 38.2. The first kappa shape index (κ1) is 45.5. The lowest BCUT2D eigenvalue weighted by molar-refractivity contribution is 0.400. The lowest BCUT2D eigenvalue weighted by atomic mass is 9.61. The van der Waals surface area contributed by atoms with Gasteiger partial charge >= 0.3 is 0 Å². The van der Waals surface area contributed by atoms with Crippen LogP contribution in [0, 0.1) is 0 Å². The van der Waals surface area contributed by atoms with Crippen molar-refractivity contribution in [2.75, 3.05) is 9.80 Å². The van der Waals surface area contributed by atoms with Crippen molar-refractivity contribution in [1.82, 2.24) is 0 Å². The van der Waals surface area contributed by atoms with Gasteiger partial charge in [-0.15, -0.1) is 0 Å². The lowest BCUT2D eigenvalue weighted by Gasteiger charge is -2.47. The van der Waals surface area contributed by atoms with E-state index >= 15 is 0 Å². The van der Waals surface area contributed by atoms with Gasteiger partial charge in [0.15, 0.2) is 0 Å². The summed E-state index contributed by atoms with van der Waals surface area (Å²) in [5.74, 6) is 3.11. The molecule has 0 bridgehead atoms. The van der Waals surface area contributed by atoms with Crippen LogP contribution in [0.4, 0.5) is 34.1 Å². The summed E-state index contributed by atoms with van der Waals surface area (Å²) in [6.07, 6.45) is 0. The minimum Gasteiger partial charge on any atom is -0.457 e. The monoisotopic (exact) mass is 986 g/mol. The predicted octanol–water partition coefficient (Wildman–Crippen LogP) is 19.9. The van der Waals surface area contributed by atoms with Crippen molar-refractivity contribution in [1.29, 1.82) is 0 Å². The van der Waals surface area contributed by atoms with Crippen LogP contribution in [0.25, 0.3) is 44.5 Å². The third kappa shape index (κ3) is 8.03. The van der Waals surface area contributed by atoms with Crippen molar-refractivity contribution in [3.05, 3.63) is 326 Å². The Labute approximate surface area is 449 Å². The van der Waals surface area contributed by atoms with Crippen LogP contribution in [0.5, 0.6) is 23.0 Å². The largest absolute Gasteiger partial charge is 0.457 e. The molecule has 1 spiro atoms.